The van der Waals surface area contributed by atoms with Crippen LogP contribution in [0.15, 0.2) is 86.8 Å². The number of aromatic nitrogens is 1. The molecule has 0 saturated heterocycles. The summed E-state index contributed by atoms with van der Waals surface area (Å²) < 4.78 is 28.8. The van der Waals surface area contributed by atoms with E-state index in [0.29, 0.717) is 49.8 Å². The number of fused-ring (bicyclic) bond motifs is 1. The minimum Gasteiger partial charge on any atom is -0.494 e. The fourth-order valence-electron chi connectivity index (χ4n) is 4.85. The number of hydrogen-bond donors (Lipinski definition) is 2. The van der Waals surface area contributed by atoms with E-state index < -0.39 is 11.9 Å². The van der Waals surface area contributed by atoms with Gasteiger partial charge in [0.2, 0.25) is 5.75 Å². The lowest BCUT2D eigenvalue weighted by Gasteiger charge is -2.15. The van der Waals surface area contributed by atoms with Crippen molar-refractivity contribution in [2.75, 3.05) is 27.9 Å². The Kier molecular flexibility index (Phi) is 10.3. The number of nitrogens with zero attached hydrogens (tertiary/aromatic N) is 1. The lowest BCUT2D eigenvalue weighted by Crippen LogP contribution is -2.19. The van der Waals surface area contributed by atoms with Gasteiger partial charge in [0.15, 0.2) is 17.2 Å². The van der Waals surface area contributed by atoms with Crippen molar-refractivity contribution in [2.45, 2.75) is 6.92 Å². The molecule has 0 atom stereocenters. The second-order valence-corrected chi connectivity index (χ2v) is 11.5. The number of aromatic amines is 1. The van der Waals surface area contributed by atoms with Gasteiger partial charge in [0, 0.05) is 26.5 Å². The van der Waals surface area contributed by atoms with E-state index in [1.165, 1.54) is 39.7 Å². The third kappa shape index (κ3) is 6.87. The average molecular weight is 751 g/mol. The Morgan fingerprint density at radius 2 is 1.61 bits per heavy atom. The molecule has 0 unspecified atom stereocenters. The van der Waals surface area contributed by atoms with Crippen LogP contribution in [0.5, 0.6) is 28.7 Å². The van der Waals surface area contributed by atoms with Gasteiger partial charge >= 0.3 is 5.97 Å². The SMILES string of the molecule is CCOc1ccc2[nH]c(C(=O)NN=Cc3cc(Br)cc(Br)c3OC(=O)c3cc(OC)c(OC)c(OC)c3)c(-c3ccccc3)c2c1. The molecule has 10 nitrogen and oxygen atoms in total. The summed E-state index contributed by atoms with van der Waals surface area (Å²) in [7, 11) is 4.38. The van der Waals surface area contributed by atoms with Crippen LogP contribution in [0.2, 0.25) is 0 Å². The zero-order valence-electron chi connectivity index (χ0n) is 25.3. The molecule has 0 spiro atoms. The first kappa shape index (κ1) is 32.6. The minimum absolute atomic E-state index is 0.167. The average Bonchev–Trinajstić information content (AvgIpc) is 3.45. The van der Waals surface area contributed by atoms with E-state index >= 15 is 0 Å². The fraction of sp³-hybridized carbons (Fsp3) is 0.147. The minimum atomic E-state index is -0.682. The Balaban J connectivity index is 1.44. The van der Waals surface area contributed by atoms with E-state index in [1.807, 2.05) is 55.5 Å². The van der Waals surface area contributed by atoms with Gasteiger partial charge in [-0.15, -0.1) is 0 Å². The summed E-state index contributed by atoms with van der Waals surface area (Å²) >= 11 is 6.93. The number of amides is 1. The summed E-state index contributed by atoms with van der Waals surface area (Å²) in [6.07, 6.45) is 1.39. The molecule has 12 heteroatoms. The molecule has 46 heavy (non-hydrogen) atoms. The topological polar surface area (TPSA) is 120 Å². The predicted octanol–water partition coefficient (Wildman–Crippen LogP) is 7.77. The summed E-state index contributed by atoms with van der Waals surface area (Å²) in [5, 5.41) is 5.05. The standard InChI is InChI=1S/C34H29Br2N3O7/c1-5-45-23-11-12-26-24(17-23)29(19-9-7-6-8-10-19)30(38-26)33(40)39-37-18-21-13-22(35)16-25(36)31(21)46-34(41)20-14-27(42-2)32(44-4)28(15-20)43-3/h6-18,38H,5H2,1-4H3,(H,39,40). The first-order chi connectivity index (χ1) is 22.3. The number of hydrogen-bond acceptors (Lipinski definition) is 8. The smallest absolute Gasteiger partial charge is 0.343 e. The number of rotatable bonds is 11. The van der Waals surface area contributed by atoms with Gasteiger partial charge in [0.1, 0.15) is 11.4 Å². The van der Waals surface area contributed by atoms with Crippen molar-refractivity contribution < 1.29 is 33.3 Å². The summed E-state index contributed by atoms with van der Waals surface area (Å²) in [4.78, 5) is 30.1. The van der Waals surface area contributed by atoms with E-state index in [9.17, 15) is 9.59 Å². The Morgan fingerprint density at radius 1 is 0.891 bits per heavy atom. The number of esters is 1. The second kappa shape index (κ2) is 14.5. The number of ether oxygens (including phenoxy) is 5. The summed E-state index contributed by atoms with van der Waals surface area (Å²) in [6.45, 7) is 2.43. The molecule has 0 aliphatic heterocycles. The van der Waals surface area contributed by atoms with Gasteiger partial charge in [-0.3, -0.25) is 4.79 Å². The van der Waals surface area contributed by atoms with Crippen LogP contribution < -0.4 is 29.1 Å². The van der Waals surface area contributed by atoms with Crippen molar-refractivity contribution in [3.05, 3.63) is 98.6 Å². The molecule has 0 saturated carbocycles. The molecular formula is C34H29Br2N3O7. The normalized spacial score (nSPS) is 11.0. The highest BCUT2D eigenvalue weighted by Gasteiger charge is 2.22. The Hall–Kier alpha value is -4.81. The van der Waals surface area contributed by atoms with Crippen LogP contribution in [0.1, 0.15) is 33.3 Å². The van der Waals surface area contributed by atoms with Gasteiger partial charge in [-0.25, -0.2) is 10.2 Å². The highest BCUT2D eigenvalue weighted by Crippen LogP contribution is 2.39. The predicted molar refractivity (Wildman–Crippen MR) is 183 cm³/mol. The summed E-state index contributed by atoms with van der Waals surface area (Å²) in [5.74, 6) is 0.676. The summed E-state index contributed by atoms with van der Waals surface area (Å²) in [5.41, 5.74) is 5.85. The molecule has 0 bridgehead atoms. The maximum atomic E-state index is 13.5. The van der Waals surface area contributed by atoms with Gasteiger partial charge in [-0.1, -0.05) is 46.3 Å². The molecule has 1 aromatic heterocycles. The lowest BCUT2D eigenvalue weighted by molar-refractivity contribution is 0.0732. The van der Waals surface area contributed by atoms with Crippen molar-refractivity contribution >= 4 is 60.9 Å². The third-order valence-electron chi connectivity index (χ3n) is 6.87. The molecule has 0 fully saturated rings. The Morgan fingerprint density at radius 3 is 2.26 bits per heavy atom. The van der Waals surface area contributed by atoms with Crippen LogP contribution in [0, 0.1) is 0 Å². The molecule has 0 radical (unpaired) electrons. The maximum absolute atomic E-state index is 13.5. The fourth-order valence-corrected chi connectivity index (χ4v) is 6.19. The van der Waals surface area contributed by atoms with Crippen molar-refractivity contribution in [2.24, 2.45) is 5.10 Å². The van der Waals surface area contributed by atoms with Gasteiger partial charge in [0.05, 0.1) is 44.2 Å². The van der Waals surface area contributed by atoms with E-state index in [2.05, 4.69) is 47.4 Å². The van der Waals surface area contributed by atoms with Gasteiger partial charge < -0.3 is 28.7 Å². The first-order valence-corrected chi connectivity index (χ1v) is 15.5. The van der Waals surface area contributed by atoms with E-state index in [-0.39, 0.29) is 11.3 Å². The number of methoxy groups -OCH3 is 3. The van der Waals surface area contributed by atoms with Crippen LogP contribution in [0.3, 0.4) is 0 Å². The zero-order chi connectivity index (χ0) is 32.8. The van der Waals surface area contributed by atoms with Crippen molar-refractivity contribution in [3.8, 4) is 39.9 Å². The Bertz CT molecular complexity index is 1920. The second-order valence-electron chi connectivity index (χ2n) is 9.69. The lowest BCUT2D eigenvalue weighted by atomic mass is 10.0. The molecule has 1 amide bonds. The quantitative estimate of drug-likeness (QED) is 0.0613. The molecular weight excluding hydrogens is 722 g/mol. The Labute approximate surface area is 281 Å². The van der Waals surface area contributed by atoms with Gasteiger partial charge in [-0.05, 0) is 70.9 Å². The number of benzene rings is 4. The highest BCUT2D eigenvalue weighted by atomic mass is 79.9. The molecule has 1 heterocycles. The molecule has 0 aliphatic rings. The first-order valence-electron chi connectivity index (χ1n) is 14.0. The molecule has 4 aromatic carbocycles. The number of hydrazone groups is 1. The number of nitrogens with one attached hydrogen (secondary N) is 2. The van der Waals surface area contributed by atoms with E-state index in [1.54, 1.807) is 12.1 Å². The van der Waals surface area contributed by atoms with Crippen LogP contribution >= 0.6 is 31.9 Å². The maximum Gasteiger partial charge on any atom is 0.343 e. The van der Waals surface area contributed by atoms with Crippen molar-refractivity contribution in [3.63, 3.8) is 0 Å². The van der Waals surface area contributed by atoms with Gasteiger partial charge in [0.25, 0.3) is 5.91 Å². The van der Waals surface area contributed by atoms with Crippen LogP contribution in [-0.2, 0) is 0 Å². The number of carbonyl (C=O) groups excluding carboxylic acids is 2. The largest absolute Gasteiger partial charge is 0.494 e. The number of carbonyl (C=O) groups is 2. The monoisotopic (exact) mass is 749 g/mol. The highest BCUT2D eigenvalue weighted by molar-refractivity contribution is 9.11. The van der Waals surface area contributed by atoms with Gasteiger partial charge in [-0.2, -0.15) is 5.10 Å². The van der Waals surface area contributed by atoms with E-state index in [0.717, 1.165) is 22.0 Å². The third-order valence-corrected chi connectivity index (χ3v) is 7.92. The number of H-pyrrole nitrogens is 1. The molecule has 2 N–H and O–H groups in total. The van der Waals surface area contributed by atoms with E-state index in [4.69, 9.17) is 23.7 Å². The summed E-state index contributed by atoms with van der Waals surface area (Å²) in [6, 6.07) is 21.6. The molecule has 236 valence electrons. The van der Waals surface area contributed by atoms with Crippen LogP contribution in [0.25, 0.3) is 22.0 Å². The number of halogens is 2. The molecule has 5 aromatic rings. The van der Waals surface area contributed by atoms with Crippen LogP contribution in [-0.4, -0.2) is 51.0 Å². The van der Waals surface area contributed by atoms with Crippen LogP contribution in [0.4, 0.5) is 0 Å². The zero-order valence-corrected chi connectivity index (χ0v) is 28.4. The van der Waals surface area contributed by atoms with Crippen molar-refractivity contribution in [1.29, 1.82) is 0 Å². The van der Waals surface area contributed by atoms with Crippen molar-refractivity contribution in [1.82, 2.24) is 10.4 Å². The molecule has 5 rings (SSSR count). The molecule has 0 aliphatic carbocycles.